The monoisotopic (exact) mass is 265 g/mol. The van der Waals surface area contributed by atoms with E-state index in [1.54, 1.807) is 0 Å². The summed E-state index contributed by atoms with van der Waals surface area (Å²) in [7, 11) is 0. The fraction of sp³-hybridized carbons (Fsp3) is 0.368. The van der Waals surface area contributed by atoms with Gasteiger partial charge in [0.15, 0.2) is 0 Å². The lowest BCUT2D eigenvalue weighted by Crippen LogP contribution is -2.32. The molecule has 1 nitrogen and oxygen atoms in total. The molecule has 1 fully saturated rings. The fourth-order valence-corrected chi connectivity index (χ4v) is 2.91. The van der Waals surface area contributed by atoms with Crippen LogP contribution in [0.1, 0.15) is 25.3 Å². The summed E-state index contributed by atoms with van der Waals surface area (Å²) in [5.41, 5.74) is 4.03. The molecule has 2 aromatic carbocycles. The van der Waals surface area contributed by atoms with Crippen LogP contribution < -0.4 is 0 Å². The minimum atomic E-state index is 0.909. The molecule has 0 bridgehead atoms. The maximum Gasteiger partial charge on any atom is 0.0233 e. The molecule has 3 rings (SSSR count). The lowest BCUT2D eigenvalue weighted by atomic mass is 9.98. The molecule has 0 amide bonds. The van der Waals surface area contributed by atoms with Crippen molar-refractivity contribution >= 4 is 0 Å². The Labute approximate surface area is 122 Å². The van der Waals surface area contributed by atoms with Crippen LogP contribution in [0.3, 0.4) is 0 Å². The van der Waals surface area contributed by atoms with Crippen LogP contribution in [0.2, 0.25) is 0 Å². The van der Waals surface area contributed by atoms with Gasteiger partial charge in [-0.2, -0.15) is 0 Å². The van der Waals surface area contributed by atoms with E-state index in [-0.39, 0.29) is 0 Å². The Balaban J connectivity index is 1.65. The van der Waals surface area contributed by atoms with Gasteiger partial charge >= 0.3 is 0 Å². The van der Waals surface area contributed by atoms with Crippen LogP contribution in [-0.2, 0) is 6.54 Å². The van der Waals surface area contributed by atoms with Crippen LogP contribution in [0.15, 0.2) is 54.6 Å². The first-order valence-electron chi connectivity index (χ1n) is 7.68. The molecule has 0 N–H and O–H groups in total. The number of likely N-dealkylation sites (tertiary alicyclic amines) is 1. The predicted molar refractivity (Wildman–Crippen MR) is 85.6 cm³/mol. The first-order chi connectivity index (χ1) is 9.81. The van der Waals surface area contributed by atoms with Crippen LogP contribution in [0.5, 0.6) is 0 Å². The maximum atomic E-state index is 2.58. The molecule has 0 spiro atoms. The molecule has 0 atom stereocenters. The highest BCUT2D eigenvalue weighted by atomic mass is 15.1. The topological polar surface area (TPSA) is 3.24 Å². The maximum absolute atomic E-state index is 2.58. The Hall–Kier alpha value is -1.60. The van der Waals surface area contributed by atoms with Gasteiger partial charge in [-0.1, -0.05) is 61.5 Å². The number of piperidine rings is 1. The summed E-state index contributed by atoms with van der Waals surface area (Å²) >= 11 is 0. The minimum Gasteiger partial charge on any atom is -0.299 e. The number of hydrogen-bond acceptors (Lipinski definition) is 1. The molecule has 0 saturated carbocycles. The Morgan fingerprint density at radius 1 is 0.850 bits per heavy atom. The summed E-state index contributed by atoms with van der Waals surface area (Å²) in [4.78, 5) is 2.58. The number of hydrogen-bond donors (Lipinski definition) is 0. The fourth-order valence-electron chi connectivity index (χ4n) is 2.91. The average Bonchev–Trinajstić information content (AvgIpc) is 2.51. The largest absolute Gasteiger partial charge is 0.299 e. The van der Waals surface area contributed by atoms with E-state index in [1.165, 1.54) is 42.6 Å². The third-order valence-electron chi connectivity index (χ3n) is 4.34. The van der Waals surface area contributed by atoms with Crippen molar-refractivity contribution in [2.24, 2.45) is 5.92 Å². The molecule has 0 aliphatic carbocycles. The van der Waals surface area contributed by atoms with E-state index in [1.807, 2.05) is 0 Å². The van der Waals surface area contributed by atoms with E-state index in [2.05, 4.69) is 66.4 Å². The third-order valence-corrected chi connectivity index (χ3v) is 4.34. The number of nitrogens with zero attached hydrogens (tertiary/aromatic N) is 1. The van der Waals surface area contributed by atoms with Gasteiger partial charge in [-0.25, -0.2) is 0 Å². The first kappa shape index (κ1) is 13.4. The molecular formula is C19H23N. The molecule has 1 saturated heterocycles. The van der Waals surface area contributed by atoms with E-state index >= 15 is 0 Å². The molecular weight excluding hydrogens is 242 g/mol. The normalized spacial score (nSPS) is 17.2. The van der Waals surface area contributed by atoms with Gasteiger partial charge in [-0.05, 0) is 48.5 Å². The van der Waals surface area contributed by atoms with Crippen LogP contribution in [0.25, 0.3) is 11.1 Å². The number of benzene rings is 2. The van der Waals surface area contributed by atoms with Gasteiger partial charge in [-0.15, -0.1) is 0 Å². The average molecular weight is 265 g/mol. The molecule has 20 heavy (non-hydrogen) atoms. The van der Waals surface area contributed by atoms with Crippen LogP contribution in [-0.4, -0.2) is 18.0 Å². The molecule has 1 aliphatic heterocycles. The predicted octanol–water partition coefficient (Wildman–Crippen LogP) is 4.59. The minimum absolute atomic E-state index is 0.909. The van der Waals surface area contributed by atoms with Crippen LogP contribution in [0, 0.1) is 5.92 Å². The second-order valence-electron chi connectivity index (χ2n) is 6.02. The van der Waals surface area contributed by atoms with Crippen LogP contribution >= 0.6 is 0 Å². The SMILES string of the molecule is CC1CCN(Cc2ccc(-c3ccccc3)cc2)CC1. The van der Waals surface area contributed by atoms with E-state index in [0.717, 1.165) is 12.5 Å². The quantitative estimate of drug-likeness (QED) is 0.785. The van der Waals surface area contributed by atoms with Gasteiger partial charge < -0.3 is 0 Å². The van der Waals surface area contributed by atoms with Crippen molar-refractivity contribution in [1.29, 1.82) is 0 Å². The first-order valence-corrected chi connectivity index (χ1v) is 7.68. The third kappa shape index (κ3) is 3.29. The van der Waals surface area contributed by atoms with Gasteiger partial charge in [0.25, 0.3) is 0 Å². The molecule has 0 unspecified atom stereocenters. The summed E-state index contributed by atoms with van der Waals surface area (Å²) in [5, 5.41) is 0. The van der Waals surface area contributed by atoms with E-state index < -0.39 is 0 Å². The second kappa shape index (κ2) is 6.23. The van der Waals surface area contributed by atoms with Gasteiger partial charge in [0, 0.05) is 6.54 Å². The summed E-state index contributed by atoms with van der Waals surface area (Å²) < 4.78 is 0. The van der Waals surface area contributed by atoms with Crippen molar-refractivity contribution in [3.05, 3.63) is 60.2 Å². The summed E-state index contributed by atoms with van der Waals surface area (Å²) in [6.07, 6.45) is 2.70. The number of rotatable bonds is 3. The van der Waals surface area contributed by atoms with Crippen molar-refractivity contribution < 1.29 is 0 Å². The Morgan fingerprint density at radius 3 is 2.10 bits per heavy atom. The highest BCUT2D eigenvalue weighted by Crippen LogP contribution is 2.21. The second-order valence-corrected chi connectivity index (χ2v) is 6.02. The lowest BCUT2D eigenvalue weighted by Gasteiger charge is -2.30. The Kier molecular flexibility index (Phi) is 4.17. The molecule has 0 radical (unpaired) electrons. The van der Waals surface area contributed by atoms with E-state index in [0.29, 0.717) is 0 Å². The van der Waals surface area contributed by atoms with Crippen molar-refractivity contribution in [3.63, 3.8) is 0 Å². The zero-order valence-corrected chi connectivity index (χ0v) is 12.3. The highest BCUT2D eigenvalue weighted by Gasteiger charge is 2.15. The van der Waals surface area contributed by atoms with Gasteiger partial charge in [-0.3, -0.25) is 4.90 Å². The van der Waals surface area contributed by atoms with Gasteiger partial charge in [0.2, 0.25) is 0 Å². The van der Waals surface area contributed by atoms with Gasteiger partial charge in [0.05, 0.1) is 0 Å². The smallest absolute Gasteiger partial charge is 0.0233 e. The van der Waals surface area contributed by atoms with Crippen molar-refractivity contribution in [2.75, 3.05) is 13.1 Å². The molecule has 0 aromatic heterocycles. The molecule has 1 heterocycles. The molecule has 104 valence electrons. The standard InChI is InChI=1S/C19H23N/c1-16-11-13-20(14-12-16)15-17-7-9-19(10-8-17)18-5-3-2-4-6-18/h2-10,16H,11-15H2,1H3. The highest BCUT2D eigenvalue weighted by molar-refractivity contribution is 5.63. The van der Waals surface area contributed by atoms with Crippen molar-refractivity contribution in [3.8, 4) is 11.1 Å². The van der Waals surface area contributed by atoms with Crippen LogP contribution in [0.4, 0.5) is 0 Å². The van der Waals surface area contributed by atoms with Gasteiger partial charge in [0.1, 0.15) is 0 Å². The summed E-state index contributed by atoms with van der Waals surface area (Å²) in [5.74, 6) is 0.909. The molecule has 1 aliphatic rings. The molecule has 1 heteroatoms. The Bertz CT molecular complexity index is 521. The molecule has 2 aromatic rings. The Morgan fingerprint density at radius 2 is 1.45 bits per heavy atom. The van der Waals surface area contributed by atoms with E-state index in [4.69, 9.17) is 0 Å². The van der Waals surface area contributed by atoms with E-state index in [9.17, 15) is 0 Å². The summed E-state index contributed by atoms with van der Waals surface area (Å²) in [6, 6.07) is 19.6. The van der Waals surface area contributed by atoms with Crippen molar-refractivity contribution in [2.45, 2.75) is 26.3 Å². The lowest BCUT2D eigenvalue weighted by molar-refractivity contribution is 0.185. The van der Waals surface area contributed by atoms with Crippen molar-refractivity contribution in [1.82, 2.24) is 4.90 Å². The summed E-state index contributed by atoms with van der Waals surface area (Å²) in [6.45, 7) is 5.97. The zero-order chi connectivity index (χ0) is 13.8. The zero-order valence-electron chi connectivity index (χ0n) is 12.3.